The Morgan fingerprint density at radius 2 is 1.17 bits per heavy atom. The quantitative estimate of drug-likeness (QED) is 0.191. The molecule has 0 aromatic heterocycles. The molecule has 198 valence electrons. The Hall–Kier alpha value is 3.71. The molecular weight excluding hydrogens is 915 g/mol. The van der Waals surface area contributed by atoms with Crippen LogP contribution in [0.3, 0.4) is 0 Å². The Labute approximate surface area is 307 Å². The van der Waals surface area contributed by atoms with E-state index in [1.807, 2.05) is 6.92 Å². The maximum absolute atomic E-state index is 6.07. The van der Waals surface area contributed by atoms with E-state index < -0.39 is 0 Å². The van der Waals surface area contributed by atoms with Crippen molar-refractivity contribution >= 4 is 15.7 Å². The Kier molecular flexibility index (Phi) is 29.7. The van der Waals surface area contributed by atoms with Gasteiger partial charge < -0.3 is 48.1 Å². The summed E-state index contributed by atoms with van der Waals surface area (Å²) in [5, 5.41) is 0. The molecule has 1 aliphatic rings. The van der Waals surface area contributed by atoms with Crippen molar-refractivity contribution < 1.29 is 108 Å². The topological polar surface area (TPSA) is 0 Å². The first kappa shape index (κ1) is 54.7. The molecular formula is C29H56B2W2Y2-2. The molecule has 1 aliphatic carbocycles. The summed E-state index contributed by atoms with van der Waals surface area (Å²) in [4.78, 5) is 0. The first-order valence-corrected chi connectivity index (χ1v) is 11.0. The Morgan fingerprint density at radius 1 is 0.829 bits per heavy atom. The average molecular weight is 972 g/mol. The zero-order chi connectivity index (χ0) is 23.9. The average Bonchev–Trinajstić information content (AvgIpc) is 2.42. The largest absolute Gasteiger partial charge is 2.00 e. The molecule has 0 amide bonds. The summed E-state index contributed by atoms with van der Waals surface area (Å²) in [6.45, 7) is 35.0. The molecule has 0 saturated heterocycles. The summed E-state index contributed by atoms with van der Waals surface area (Å²) in [5.74, 6) is 3.52. The van der Waals surface area contributed by atoms with E-state index in [0.29, 0.717) is 0 Å². The van der Waals surface area contributed by atoms with Crippen molar-refractivity contribution in [3.63, 3.8) is 0 Å². The monoisotopic (exact) mass is 972 g/mol. The van der Waals surface area contributed by atoms with Crippen LogP contribution in [0.15, 0.2) is 0 Å². The van der Waals surface area contributed by atoms with E-state index >= 15 is 0 Å². The van der Waals surface area contributed by atoms with Crippen LogP contribution in [0.25, 0.3) is 0 Å². The maximum Gasteiger partial charge on any atom is 2.00 e. The summed E-state index contributed by atoms with van der Waals surface area (Å²) < 4.78 is 0. The standard InChI is InChI=1S/C14H24B.C13H24B.2CH4.2W.2Y/c1-10-8-13(6,11(2)15)14(10,7)9-12(3,4)5;1-10(14)13(7,8)12(5,6)9-11(2,3)4;;;;;;/h9H,8H2,1-7H3;9H,7H2,1-6,8H3;2*1H4;;;;/q2*-3;;;2*+2;;. The SMILES string of the molecule is C.C.[B][C-](C)C([CH2-])(C)C(C)(C)[CH-]C(C)(C)C.[B][C-](C)C1(C)C[C-](C)C1(C)[CH-]C(C)(C)C.[W+2].[W+2].[Y].[Y]. The van der Waals surface area contributed by atoms with Gasteiger partial charge in [0.25, 0.3) is 0 Å². The van der Waals surface area contributed by atoms with Crippen molar-refractivity contribution in [2.45, 2.75) is 118 Å². The van der Waals surface area contributed by atoms with Gasteiger partial charge in [0.15, 0.2) is 0 Å². The van der Waals surface area contributed by atoms with Gasteiger partial charge in [-0.25, -0.2) is 17.3 Å². The van der Waals surface area contributed by atoms with Crippen LogP contribution in [0, 0.1) is 69.8 Å². The van der Waals surface area contributed by atoms with Crippen LogP contribution in [0.5, 0.6) is 0 Å². The third kappa shape index (κ3) is 15.0. The van der Waals surface area contributed by atoms with Gasteiger partial charge in [0.1, 0.15) is 0 Å². The van der Waals surface area contributed by atoms with Gasteiger partial charge in [0.05, 0.1) is 0 Å². The molecule has 0 nitrogen and oxygen atoms in total. The first-order chi connectivity index (χ1) is 12.4. The maximum atomic E-state index is 6.07. The second-order valence-electron chi connectivity index (χ2n) is 12.9. The van der Waals surface area contributed by atoms with Gasteiger partial charge in [-0.2, -0.15) is 47.3 Å². The molecule has 3 unspecified atom stereocenters. The second-order valence-corrected chi connectivity index (χ2v) is 12.9. The van der Waals surface area contributed by atoms with Crippen molar-refractivity contribution in [2.75, 3.05) is 0 Å². The molecule has 1 rings (SSSR count). The van der Waals surface area contributed by atoms with Crippen molar-refractivity contribution in [1.82, 2.24) is 0 Å². The van der Waals surface area contributed by atoms with Crippen LogP contribution in [0.4, 0.5) is 0 Å². The predicted octanol–water partition coefficient (Wildman–Crippen LogP) is 9.05. The minimum absolute atomic E-state index is 0. The van der Waals surface area contributed by atoms with Crippen LogP contribution < -0.4 is 0 Å². The van der Waals surface area contributed by atoms with E-state index in [2.05, 4.69) is 110 Å². The molecule has 0 aromatic rings. The van der Waals surface area contributed by atoms with E-state index in [1.54, 1.807) is 5.92 Å². The van der Waals surface area contributed by atoms with E-state index in [1.165, 1.54) is 0 Å². The minimum atomic E-state index is -0.208. The van der Waals surface area contributed by atoms with Crippen LogP contribution in [-0.2, 0) is 108 Å². The van der Waals surface area contributed by atoms with E-state index in [9.17, 15) is 0 Å². The van der Waals surface area contributed by atoms with Crippen molar-refractivity contribution in [3.05, 3.63) is 37.3 Å². The van der Waals surface area contributed by atoms with Gasteiger partial charge in [-0.3, -0.25) is 0 Å². The number of hydrogen-bond acceptors (Lipinski definition) is 0. The van der Waals surface area contributed by atoms with Gasteiger partial charge in [0.2, 0.25) is 0 Å². The molecule has 0 spiro atoms. The van der Waals surface area contributed by atoms with Crippen molar-refractivity contribution in [2.24, 2.45) is 32.5 Å². The third-order valence-corrected chi connectivity index (χ3v) is 7.33. The molecule has 3 atom stereocenters. The van der Waals surface area contributed by atoms with E-state index in [4.69, 9.17) is 15.7 Å². The summed E-state index contributed by atoms with van der Waals surface area (Å²) in [6, 6.07) is 0. The second kappa shape index (κ2) is 19.0. The van der Waals surface area contributed by atoms with E-state index in [-0.39, 0.29) is 155 Å². The smallest absolute Gasteiger partial charge is 0.381 e. The fraction of sp³-hybridized carbons (Fsp3) is 0.793. The molecule has 6 radical (unpaired) electrons. The van der Waals surface area contributed by atoms with E-state index in [0.717, 1.165) is 18.1 Å². The molecule has 6 heteroatoms. The predicted molar refractivity (Wildman–Crippen MR) is 147 cm³/mol. The van der Waals surface area contributed by atoms with Gasteiger partial charge in [-0.1, -0.05) is 77.2 Å². The fourth-order valence-corrected chi connectivity index (χ4v) is 4.71. The van der Waals surface area contributed by atoms with Gasteiger partial charge in [-0.05, 0) is 0 Å². The Balaban J connectivity index is -0.0000000767. The molecule has 35 heavy (non-hydrogen) atoms. The van der Waals surface area contributed by atoms with Crippen molar-refractivity contribution in [3.8, 4) is 0 Å². The molecule has 0 N–H and O–H groups in total. The van der Waals surface area contributed by atoms with Gasteiger partial charge in [-0.15, -0.1) is 13.8 Å². The molecule has 0 aromatic carbocycles. The first-order valence-electron chi connectivity index (χ1n) is 11.0. The van der Waals surface area contributed by atoms with Crippen LogP contribution in [0.1, 0.15) is 118 Å². The molecule has 1 saturated carbocycles. The zero-order valence-corrected chi connectivity index (χ0v) is 35.7. The Bertz CT molecular complexity index is 538. The summed E-state index contributed by atoms with van der Waals surface area (Å²) in [7, 11) is 12.0. The Morgan fingerprint density at radius 3 is 1.37 bits per heavy atom. The number of hydrogen-bond donors (Lipinski definition) is 0. The molecule has 0 heterocycles. The molecule has 0 bridgehead atoms. The normalized spacial score (nSPS) is 23.7. The van der Waals surface area contributed by atoms with Crippen LogP contribution in [0.2, 0.25) is 0 Å². The van der Waals surface area contributed by atoms with Gasteiger partial charge >= 0.3 is 42.1 Å². The molecule has 1 fully saturated rings. The van der Waals surface area contributed by atoms with Crippen LogP contribution in [-0.4, -0.2) is 15.7 Å². The minimum Gasteiger partial charge on any atom is -0.381 e. The van der Waals surface area contributed by atoms with Gasteiger partial charge in [0, 0.05) is 65.4 Å². The third-order valence-electron chi connectivity index (χ3n) is 7.33. The molecule has 0 aliphatic heterocycles. The summed E-state index contributed by atoms with van der Waals surface area (Å²) in [6.07, 6.45) is 5.94. The van der Waals surface area contributed by atoms with Crippen molar-refractivity contribution in [1.29, 1.82) is 0 Å². The fourth-order valence-electron chi connectivity index (χ4n) is 4.71. The zero-order valence-electron chi connectivity index (χ0n) is 24.2. The summed E-state index contributed by atoms with van der Waals surface area (Å²) >= 11 is 0. The summed E-state index contributed by atoms with van der Waals surface area (Å²) in [5.41, 5.74) is 0.559. The van der Waals surface area contributed by atoms with Crippen LogP contribution >= 0.6 is 0 Å². The number of rotatable bonds is 5.